The van der Waals surface area contributed by atoms with Crippen molar-refractivity contribution in [2.75, 3.05) is 12.4 Å². The van der Waals surface area contributed by atoms with Gasteiger partial charge in [-0.05, 0) is 88.2 Å². The summed E-state index contributed by atoms with van der Waals surface area (Å²) in [5.41, 5.74) is 0.846. The lowest BCUT2D eigenvalue weighted by Gasteiger charge is -2.10. The summed E-state index contributed by atoms with van der Waals surface area (Å²) in [6, 6.07) is 18.6. The Balaban J connectivity index is 1.77. The topological polar surface area (TPSA) is 105 Å². The Kier molecular flexibility index (Phi) is 7.76. The third-order valence-electron chi connectivity index (χ3n) is 4.28. The van der Waals surface area contributed by atoms with Crippen LogP contribution in [0.2, 0.25) is 5.02 Å². The van der Waals surface area contributed by atoms with Gasteiger partial charge >= 0.3 is 10.1 Å². The van der Waals surface area contributed by atoms with Crippen LogP contribution in [0.15, 0.2) is 81.7 Å². The number of methoxy groups -OCH3 is 1. The molecule has 33 heavy (non-hydrogen) atoms. The maximum Gasteiger partial charge on any atom is 0.339 e. The minimum atomic E-state index is -4.08. The molecule has 0 spiro atoms. The van der Waals surface area contributed by atoms with Crippen molar-refractivity contribution in [1.82, 2.24) is 0 Å². The molecule has 0 fully saturated rings. The van der Waals surface area contributed by atoms with Gasteiger partial charge in [0.1, 0.15) is 22.3 Å². The second-order valence-electron chi connectivity index (χ2n) is 6.53. The molecule has 10 heteroatoms. The summed E-state index contributed by atoms with van der Waals surface area (Å²) < 4.78 is 35.5. The van der Waals surface area contributed by atoms with Crippen LogP contribution >= 0.6 is 27.5 Å². The zero-order valence-electron chi connectivity index (χ0n) is 17.1. The fourth-order valence-electron chi connectivity index (χ4n) is 2.63. The molecule has 3 rings (SSSR count). The summed E-state index contributed by atoms with van der Waals surface area (Å²) in [6.45, 7) is 0. The van der Waals surface area contributed by atoms with E-state index < -0.39 is 16.0 Å². The van der Waals surface area contributed by atoms with Crippen molar-refractivity contribution >= 4 is 55.3 Å². The van der Waals surface area contributed by atoms with Crippen molar-refractivity contribution < 1.29 is 22.1 Å². The van der Waals surface area contributed by atoms with Crippen molar-refractivity contribution in [3.63, 3.8) is 0 Å². The van der Waals surface area contributed by atoms with Crippen molar-refractivity contribution in [2.24, 2.45) is 0 Å². The van der Waals surface area contributed by atoms with Gasteiger partial charge in [-0.15, -0.1) is 0 Å². The molecular weight excluding hydrogens is 532 g/mol. The van der Waals surface area contributed by atoms with Crippen molar-refractivity contribution in [3.05, 3.63) is 87.4 Å². The van der Waals surface area contributed by atoms with Gasteiger partial charge in [0.2, 0.25) is 0 Å². The van der Waals surface area contributed by atoms with E-state index in [0.717, 1.165) is 0 Å². The number of benzene rings is 3. The molecule has 0 saturated carbocycles. The molecule has 3 aromatic rings. The highest BCUT2D eigenvalue weighted by atomic mass is 79.9. The van der Waals surface area contributed by atoms with Gasteiger partial charge in [-0.3, -0.25) is 4.79 Å². The van der Waals surface area contributed by atoms with Crippen LogP contribution in [0.1, 0.15) is 5.56 Å². The van der Waals surface area contributed by atoms with E-state index in [-0.39, 0.29) is 16.2 Å². The summed E-state index contributed by atoms with van der Waals surface area (Å²) in [5, 5.41) is 12.4. The van der Waals surface area contributed by atoms with E-state index in [1.54, 1.807) is 24.3 Å². The average molecular weight is 548 g/mol. The zero-order valence-corrected chi connectivity index (χ0v) is 20.2. The molecule has 0 saturated heterocycles. The van der Waals surface area contributed by atoms with E-state index >= 15 is 0 Å². The van der Waals surface area contributed by atoms with E-state index in [0.29, 0.717) is 26.5 Å². The fourth-order valence-corrected chi connectivity index (χ4v) is 4.29. The molecule has 0 aliphatic carbocycles. The summed E-state index contributed by atoms with van der Waals surface area (Å²) in [4.78, 5) is 12.4. The Morgan fingerprint density at radius 2 is 1.76 bits per heavy atom. The molecule has 3 aromatic carbocycles. The highest BCUT2D eigenvalue weighted by Gasteiger charge is 2.18. The molecule has 0 aliphatic heterocycles. The number of carbonyl (C=O) groups is 1. The molecule has 0 heterocycles. The Bertz CT molecular complexity index is 1350. The highest BCUT2D eigenvalue weighted by molar-refractivity contribution is 9.10. The lowest BCUT2D eigenvalue weighted by atomic mass is 10.1. The third kappa shape index (κ3) is 6.35. The Hall–Kier alpha value is -3.32. The summed E-state index contributed by atoms with van der Waals surface area (Å²) >= 11 is 9.06. The van der Waals surface area contributed by atoms with Crippen LogP contribution in [-0.2, 0) is 14.9 Å². The predicted octanol–water partition coefficient (Wildman–Crippen LogP) is 5.42. The second-order valence-corrected chi connectivity index (χ2v) is 9.37. The molecule has 7 nitrogen and oxygen atoms in total. The first-order valence-corrected chi connectivity index (χ1v) is 11.9. The number of anilines is 1. The largest absolute Gasteiger partial charge is 0.497 e. The molecule has 0 atom stereocenters. The number of ether oxygens (including phenoxy) is 1. The standard InChI is InChI=1S/C23H16BrClN2O5S/c1-31-19-7-5-18(6-8-19)27-23(28)16(14-26)12-15-2-11-22(21(24)13-15)32-33(29,30)20-9-3-17(25)4-10-20/h2-13H,1H3,(H,27,28)/b16-12+. The number of nitrogens with one attached hydrogen (secondary N) is 1. The van der Waals surface area contributed by atoms with Crippen LogP contribution in [-0.4, -0.2) is 21.4 Å². The van der Waals surface area contributed by atoms with E-state index in [1.807, 2.05) is 6.07 Å². The number of amides is 1. The highest BCUT2D eigenvalue weighted by Crippen LogP contribution is 2.30. The third-order valence-corrected chi connectivity index (χ3v) is 6.40. The number of halogens is 2. The normalized spacial score (nSPS) is 11.4. The number of rotatable bonds is 7. The SMILES string of the molecule is COc1ccc(NC(=O)/C(C#N)=C/c2ccc(OS(=O)(=O)c3ccc(Cl)cc3)c(Br)c2)cc1. The Morgan fingerprint density at radius 3 is 2.33 bits per heavy atom. The number of hydrogen-bond acceptors (Lipinski definition) is 6. The van der Waals surface area contributed by atoms with E-state index in [2.05, 4.69) is 21.2 Å². The predicted molar refractivity (Wildman–Crippen MR) is 129 cm³/mol. The van der Waals surface area contributed by atoms with Gasteiger partial charge in [-0.25, -0.2) is 0 Å². The van der Waals surface area contributed by atoms with Gasteiger partial charge in [-0.2, -0.15) is 13.7 Å². The van der Waals surface area contributed by atoms with Gasteiger partial charge in [0.25, 0.3) is 5.91 Å². The van der Waals surface area contributed by atoms with Gasteiger partial charge in [0.15, 0.2) is 5.75 Å². The smallest absolute Gasteiger partial charge is 0.339 e. The van der Waals surface area contributed by atoms with Crippen LogP contribution in [0.3, 0.4) is 0 Å². The molecule has 0 radical (unpaired) electrons. The van der Waals surface area contributed by atoms with Crippen LogP contribution < -0.4 is 14.2 Å². The number of hydrogen-bond donors (Lipinski definition) is 1. The molecule has 0 aromatic heterocycles. The molecular formula is C23H16BrClN2O5S. The van der Waals surface area contributed by atoms with Crippen molar-refractivity contribution in [1.29, 1.82) is 5.26 Å². The lowest BCUT2D eigenvalue weighted by molar-refractivity contribution is -0.112. The first kappa shape index (κ1) is 24.3. The quantitative estimate of drug-likeness (QED) is 0.240. The molecule has 0 unspecified atom stereocenters. The molecule has 1 N–H and O–H groups in total. The zero-order chi connectivity index (χ0) is 24.0. The van der Waals surface area contributed by atoms with Gasteiger partial charge in [0.05, 0.1) is 11.6 Å². The molecule has 168 valence electrons. The Labute approximate surface area is 204 Å². The first-order valence-electron chi connectivity index (χ1n) is 9.28. The lowest BCUT2D eigenvalue weighted by Crippen LogP contribution is -2.13. The number of carbonyl (C=O) groups excluding carboxylic acids is 1. The second kappa shape index (κ2) is 10.5. The summed E-state index contributed by atoms with van der Waals surface area (Å²) in [5.74, 6) is 0.0852. The van der Waals surface area contributed by atoms with E-state index in [4.69, 9.17) is 20.5 Å². The molecule has 1 amide bonds. The van der Waals surface area contributed by atoms with Crippen molar-refractivity contribution in [2.45, 2.75) is 4.90 Å². The van der Waals surface area contributed by atoms with Crippen molar-refractivity contribution in [3.8, 4) is 17.6 Å². The van der Waals surface area contributed by atoms with E-state index in [1.165, 1.54) is 55.7 Å². The first-order chi connectivity index (χ1) is 15.7. The average Bonchev–Trinajstić information content (AvgIpc) is 2.79. The number of nitrogens with zero attached hydrogens (tertiary/aromatic N) is 1. The van der Waals surface area contributed by atoms with Crippen LogP contribution in [0.4, 0.5) is 5.69 Å². The van der Waals surface area contributed by atoms with Gasteiger partial charge in [0, 0.05) is 10.7 Å². The van der Waals surface area contributed by atoms with Crippen LogP contribution in [0.5, 0.6) is 11.5 Å². The summed E-state index contributed by atoms with van der Waals surface area (Å²) in [6.07, 6.45) is 1.38. The maximum absolute atomic E-state index is 12.5. The van der Waals surface area contributed by atoms with Gasteiger partial charge in [-0.1, -0.05) is 17.7 Å². The molecule has 0 bridgehead atoms. The van der Waals surface area contributed by atoms with E-state index in [9.17, 15) is 18.5 Å². The Morgan fingerprint density at radius 1 is 1.09 bits per heavy atom. The van der Waals surface area contributed by atoms with Crippen LogP contribution in [0, 0.1) is 11.3 Å². The fraction of sp³-hybridized carbons (Fsp3) is 0.0435. The molecule has 0 aliphatic rings. The monoisotopic (exact) mass is 546 g/mol. The minimum absolute atomic E-state index is 0.0447. The number of nitriles is 1. The van der Waals surface area contributed by atoms with Crippen LogP contribution in [0.25, 0.3) is 6.08 Å². The maximum atomic E-state index is 12.5. The minimum Gasteiger partial charge on any atom is -0.497 e. The summed E-state index contributed by atoms with van der Waals surface area (Å²) in [7, 11) is -2.54. The van der Waals surface area contributed by atoms with Gasteiger partial charge < -0.3 is 14.2 Å².